The summed E-state index contributed by atoms with van der Waals surface area (Å²) in [5.74, 6) is -4.15. The number of aliphatic carboxylic acids is 2. The average molecular weight is 562 g/mol. The standard InChI is InChI=1S/C30H47N3O7/c1-2-3-4-5-6-7-8-9-10-11-15-18-26(34)31-22-27(35)32-24(19-20-28(36)37)29(38)33-25(30(39)40)21-23-16-13-12-14-17-23/h12-14,16-17,24-25H,2-11,15,18-22H2,1H3,(H,31,34)(H,32,35)(H,33,38)(H,36,37)(H,39,40)/t24-,25-/m0/s1. The number of hydrogen-bond donors (Lipinski definition) is 5. The van der Waals surface area contributed by atoms with Crippen LogP contribution >= 0.6 is 0 Å². The summed E-state index contributed by atoms with van der Waals surface area (Å²) < 4.78 is 0. The van der Waals surface area contributed by atoms with Gasteiger partial charge < -0.3 is 26.2 Å². The second-order valence-electron chi connectivity index (χ2n) is 10.2. The van der Waals surface area contributed by atoms with E-state index in [0.29, 0.717) is 12.0 Å². The Kier molecular flexibility index (Phi) is 18.5. The lowest BCUT2D eigenvalue weighted by molar-refractivity contribution is -0.143. The maximum absolute atomic E-state index is 12.8. The minimum absolute atomic E-state index is 0.0244. The first kappa shape index (κ1) is 34.6. The molecule has 0 aliphatic heterocycles. The van der Waals surface area contributed by atoms with E-state index in [0.717, 1.165) is 25.7 Å². The quantitative estimate of drug-likeness (QED) is 0.126. The molecule has 3 amide bonds. The summed E-state index contributed by atoms with van der Waals surface area (Å²) in [4.78, 5) is 60.1. The van der Waals surface area contributed by atoms with Crippen molar-refractivity contribution in [1.29, 1.82) is 0 Å². The highest BCUT2D eigenvalue weighted by Crippen LogP contribution is 2.12. The maximum Gasteiger partial charge on any atom is 0.326 e. The second kappa shape index (κ2) is 21.4. The lowest BCUT2D eigenvalue weighted by Crippen LogP contribution is -2.53. The fourth-order valence-electron chi connectivity index (χ4n) is 4.32. The van der Waals surface area contributed by atoms with Crippen molar-refractivity contribution in [3.8, 4) is 0 Å². The highest BCUT2D eigenvalue weighted by Gasteiger charge is 2.27. The number of carboxylic acid groups (broad SMARTS) is 2. The highest BCUT2D eigenvalue weighted by molar-refractivity contribution is 5.92. The van der Waals surface area contributed by atoms with E-state index in [1.54, 1.807) is 30.3 Å². The molecule has 0 spiro atoms. The van der Waals surface area contributed by atoms with E-state index in [-0.39, 0.29) is 25.3 Å². The smallest absolute Gasteiger partial charge is 0.326 e. The van der Waals surface area contributed by atoms with Crippen LogP contribution in [0, 0.1) is 0 Å². The highest BCUT2D eigenvalue weighted by atomic mass is 16.4. The number of carbonyl (C=O) groups excluding carboxylic acids is 3. The van der Waals surface area contributed by atoms with E-state index in [1.165, 1.54) is 44.9 Å². The largest absolute Gasteiger partial charge is 0.481 e. The van der Waals surface area contributed by atoms with Crippen molar-refractivity contribution in [3.05, 3.63) is 35.9 Å². The summed E-state index contributed by atoms with van der Waals surface area (Å²) in [6, 6.07) is 6.21. The lowest BCUT2D eigenvalue weighted by Gasteiger charge is -2.21. The summed E-state index contributed by atoms with van der Waals surface area (Å²) in [6.45, 7) is 1.85. The van der Waals surface area contributed by atoms with Gasteiger partial charge in [0.1, 0.15) is 12.1 Å². The first-order valence-corrected chi connectivity index (χ1v) is 14.6. The van der Waals surface area contributed by atoms with Crippen molar-refractivity contribution < 1.29 is 34.2 Å². The Morgan fingerprint density at radius 2 is 1.27 bits per heavy atom. The van der Waals surface area contributed by atoms with E-state index in [2.05, 4.69) is 22.9 Å². The zero-order chi connectivity index (χ0) is 29.6. The number of carbonyl (C=O) groups is 5. The van der Waals surface area contributed by atoms with Crippen LogP contribution in [0.5, 0.6) is 0 Å². The number of carboxylic acids is 2. The van der Waals surface area contributed by atoms with Crippen LogP contribution in [0.3, 0.4) is 0 Å². The van der Waals surface area contributed by atoms with Gasteiger partial charge in [0, 0.05) is 19.3 Å². The van der Waals surface area contributed by atoms with Crippen LogP contribution in [0.1, 0.15) is 102 Å². The van der Waals surface area contributed by atoms with Gasteiger partial charge in [-0.25, -0.2) is 4.79 Å². The zero-order valence-electron chi connectivity index (χ0n) is 23.8. The van der Waals surface area contributed by atoms with E-state index in [4.69, 9.17) is 5.11 Å². The van der Waals surface area contributed by atoms with Crippen LogP contribution in [0.2, 0.25) is 0 Å². The summed E-state index contributed by atoms with van der Waals surface area (Å²) >= 11 is 0. The van der Waals surface area contributed by atoms with Gasteiger partial charge in [-0.1, -0.05) is 101 Å². The Balaban J connectivity index is 2.40. The van der Waals surface area contributed by atoms with Crippen LogP contribution in [-0.4, -0.2) is 58.5 Å². The number of benzene rings is 1. The monoisotopic (exact) mass is 561 g/mol. The third-order valence-corrected chi connectivity index (χ3v) is 6.65. The van der Waals surface area contributed by atoms with Crippen LogP contribution < -0.4 is 16.0 Å². The number of hydrogen-bond acceptors (Lipinski definition) is 5. The molecule has 0 saturated carbocycles. The van der Waals surface area contributed by atoms with Crippen LogP contribution in [0.4, 0.5) is 0 Å². The van der Waals surface area contributed by atoms with E-state index >= 15 is 0 Å². The topological polar surface area (TPSA) is 162 Å². The van der Waals surface area contributed by atoms with Crippen molar-refractivity contribution in [2.45, 2.75) is 115 Å². The molecule has 10 heteroatoms. The molecule has 0 heterocycles. The van der Waals surface area contributed by atoms with Crippen molar-refractivity contribution in [3.63, 3.8) is 0 Å². The molecule has 0 radical (unpaired) electrons. The molecule has 1 aromatic rings. The Bertz CT molecular complexity index is 908. The zero-order valence-corrected chi connectivity index (χ0v) is 23.8. The molecule has 2 atom stereocenters. The number of nitrogens with one attached hydrogen (secondary N) is 3. The molecule has 0 aromatic heterocycles. The molecule has 0 aliphatic rings. The summed E-state index contributed by atoms with van der Waals surface area (Å²) in [5, 5.41) is 25.9. The molecule has 40 heavy (non-hydrogen) atoms. The summed E-state index contributed by atoms with van der Waals surface area (Å²) in [5.41, 5.74) is 0.696. The molecule has 0 saturated heterocycles. The first-order valence-electron chi connectivity index (χ1n) is 14.6. The fourth-order valence-corrected chi connectivity index (χ4v) is 4.32. The van der Waals surface area contributed by atoms with Gasteiger partial charge in [0.25, 0.3) is 0 Å². The normalized spacial score (nSPS) is 12.2. The Morgan fingerprint density at radius 3 is 1.82 bits per heavy atom. The lowest BCUT2D eigenvalue weighted by atomic mass is 10.0. The predicted molar refractivity (Wildman–Crippen MR) is 153 cm³/mol. The van der Waals surface area contributed by atoms with Gasteiger partial charge in [-0.3, -0.25) is 19.2 Å². The van der Waals surface area contributed by atoms with Gasteiger partial charge in [-0.05, 0) is 18.4 Å². The maximum atomic E-state index is 12.8. The number of unbranched alkanes of at least 4 members (excludes halogenated alkanes) is 10. The molecule has 5 N–H and O–H groups in total. The third-order valence-electron chi connectivity index (χ3n) is 6.65. The number of rotatable bonds is 23. The molecule has 0 bridgehead atoms. The third kappa shape index (κ3) is 17.2. The molecular weight excluding hydrogens is 514 g/mol. The van der Waals surface area contributed by atoms with Crippen molar-refractivity contribution >= 4 is 29.7 Å². The van der Waals surface area contributed by atoms with E-state index in [9.17, 15) is 29.1 Å². The molecule has 1 rings (SSSR count). The summed E-state index contributed by atoms with van der Waals surface area (Å²) in [6.07, 6.45) is 12.6. The van der Waals surface area contributed by atoms with Gasteiger partial charge in [-0.15, -0.1) is 0 Å². The minimum Gasteiger partial charge on any atom is -0.481 e. The first-order chi connectivity index (χ1) is 19.2. The van der Waals surface area contributed by atoms with Gasteiger partial charge in [-0.2, -0.15) is 0 Å². The average Bonchev–Trinajstić information content (AvgIpc) is 2.92. The van der Waals surface area contributed by atoms with E-state index < -0.39 is 42.3 Å². The Hall–Kier alpha value is -3.43. The van der Waals surface area contributed by atoms with Crippen LogP contribution in [-0.2, 0) is 30.4 Å². The van der Waals surface area contributed by atoms with Gasteiger partial charge in [0.15, 0.2) is 0 Å². The molecule has 0 aliphatic carbocycles. The summed E-state index contributed by atoms with van der Waals surface area (Å²) in [7, 11) is 0. The molecule has 1 aromatic carbocycles. The van der Waals surface area contributed by atoms with Crippen molar-refractivity contribution in [2.75, 3.05) is 6.54 Å². The molecule has 10 nitrogen and oxygen atoms in total. The van der Waals surface area contributed by atoms with Gasteiger partial charge in [0.2, 0.25) is 17.7 Å². The molecular formula is C30H47N3O7. The second-order valence-corrected chi connectivity index (χ2v) is 10.2. The van der Waals surface area contributed by atoms with Crippen molar-refractivity contribution in [2.24, 2.45) is 0 Å². The Morgan fingerprint density at radius 1 is 0.700 bits per heavy atom. The minimum atomic E-state index is -1.26. The van der Waals surface area contributed by atoms with E-state index in [1.807, 2.05) is 0 Å². The molecule has 224 valence electrons. The van der Waals surface area contributed by atoms with Crippen molar-refractivity contribution in [1.82, 2.24) is 16.0 Å². The Labute approximate surface area is 237 Å². The molecule has 0 unspecified atom stereocenters. The predicted octanol–water partition coefficient (Wildman–Crippen LogP) is 3.97. The van der Waals surface area contributed by atoms with Crippen LogP contribution in [0.25, 0.3) is 0 Å². The fraction of sp³-hybridized carbons (Fsp3) is 0.633. The molecule has 0 fully saturated rings. The number of amides is 3. The van der Waals surface area contributed by atoms with Crippen LogP contribution in [0.15, 0.2) is 30.3 Å². The van der Waals surface area contributed by atoms with Gasteiger partial charge in [0.05, 0.1) is 6.54 Å². The SMILES string of the molecule is CCCCCCCCCCCCCC(=O)NCC(=O)N[C@@H](CCC(=O)O)C(=O)N[C@@H](Cc1ccccc1)C(=O)O. The van der Waals surface area contributed by atoms with Gasteiger partial charge >= 0.3 is 11.9 Å².